The van der Waals surface area contributed by atoms with Crippen LogP contribution >= 0.6 is 11.8 Å². The Bertz CT molecular complexity index is 353. The number of thioether (sulfide) groups is 1. The van der Waals surface area contributed by atoms with Crippen LogP contribution < -0.4 is 0 Å². The number of Topliss-reactive ketones (excluding diaryl/α,β-unsaturated/α-hetero) is 1. The number of ketones is 1. The maximum atomic E-state index is 11.8. The number of hydrogen-bond donors (Lipinski definition) is 0. The summed E-state index contributed by atoms with van der Waals surface area (Å²) in [4.78, 5) is 11.8. The number of carbonyl (C=O) groups is 1. The van der Waals surface area contributed by atoms with Crippen molar-refractivity contribution in [1.29, 1.82) is 0 Å². The molecule has 1 saturated heterocycles. The van der Waals surface area contributed by atoms with E-state index in [0.717, 1.165) is 18.6 Å². The van der Waals surface area contributed by atoms with E-state index in [4.69, 9.17) is 14.2 Å². The highest BCUT2D eigenvalue weighted by Gasteiger charge is 2.36. The van der Waals surface area contributed by atoms with Crippen molar-refractivity contribution >= 4 is 17.5 Å². The molecule has 0 aromatic heterocycles. The van der Waals surface area contributed by atoms with Gasteiger partial charge in [0.2, 0.25) is 0 Å². The van der Waals surface area contributed by atoms with E-state index in [9.17, 15) is 4.79 Å². The Morgan fingerprint density at radius 2 is 2.21 bits per heavy atom. The molecule has 2 aliphatic rings. The molecule has 0 aliphatic carbocycles. The Hall–Kier alpha value is -0.520. The van der Waals surface area contributed by atoms with E-state index in [1.54, 1.807) is 18.0 Å². The molecule has 0 spiro atoms. The first-order valence-corrected chi connectivity index (χ1v) is 7.85. The molecule has 0 radical (unpaired) electrons. The van der Waals surface area contributed by atoms with E-state index >= 15 is 0 Å². The molecule has 108 valence electrons. The molecule has 2 aliphatic heterocycles. The molecule has 0 amide bonds. The SMILES string of the molecule is CCS[C@@H]1OC=C[C@H]1CCC1OC(C)(C)OCC1=O. The zero-order valence-electron chi connectivity index (χ0n) is 11.8. The molecule has 0 saturated carbocycles. The van der Waals surface area contributed by atoms with E-state index in [1.165, 1.54) is 0 Å². The normalized spacial score (nSPS) is 33.4. The average molecular weight is 286 g/mol. The van der Waals surface area contributed by atoms with Crippen LogP contribution in [0.1, 0.15) is 33.6 Å². The first kappa shape index (κ1) is 14.9. The van der Waals surface area contributed by atoms with Crippen molar-refractivity contribution in [1.82, 2.24) is 0 Å². The van der Waals surface area contributed by atoms with Gasteiger partial charge in [0, 0.05) is 5.92 Å². The number of ether oxygens (including phenoxy) is 3. The third-order valence-corrected chi connectivity index (χ3v) is 4.45. The van der Waals surface area contributed by atoms with Crippen molar-refractivity contribution in [3.05, 3.63) is 12.3 Å². The predicted molar refractivity (Wildman–Crippen MR) is 74.8 cm³/mol. The average Bonchev–Trinajstić information content (AvgIpc) is 2.78. The third-order valence-electron chi connectivity index (χ3n) is 3.33. The smallest absolute Gasteiger partial charge is 0.187 e. The lowest BCUT2D eigenvalue weighted by atomic mass is 9.99. The van der Waals surface area contributed by atoms with Crippen LogP contribution in [0.2, 0.25) is 0 Å². The second-order valence-electron chi connectivity index (χ2n) is 5.29. The summed E-state index contributed by atoms with van der Waals surface area (Å²) >= 11 is 1.80. The Kier molecular flexibility index (Phi) is 4.92. The summed E-state index contributed by atoms with van der Waals surface area (Å²) in [5.74, 6) is 0.787. The maximum absolute atomic E-state index is 11.8. The van der Waals surface area contributed by atoms with Crippen LogP contribution in [-0.4, -0.2) is 35.5 Å². The van der Waals surface area contributed by atoms with Crippen molar-refractivity contribution in [2.24, 2.45) is 5.92 Å². The number of rotatable bonds is 5. The zero-order valence-corrected chi connectivity index (χ0v) is 12.6. The lowest BCUT2D eigenvalue weighted by molar-refractivity contribution is -0.259. The maximum Gasteiger partial charge on any atom is 0.187 e. The Labute approximate surface area is 118 Å². The van der Waals surface area contributed by atoms with Gasteiger partial charge in [0.1, 0.15) is 18.1 Å². The van der Waals surface area contributed by atoms with Gasteiger partial charge in [0.15, 0.2) is 11.6 Å². The topological polar surface area (TPSA) is 44.8 Å². The van der Waals surface area contributed by atoms with Gasteiger partial charge < -0.3 is 14.2 Å². The van der Waals surface area contributed by atoms with E-state index in [-0.39, 0.29) is 23.9 Å². The summed E-state index contributed by atoms with van der Waals surface area (Å²) in [6.45, 7) is 5.97. The van der Waals surface area contributed by atoms with Crippen molar-refractivity contribution in [3.8, 4) is 0 Å². The van der Waals surface area contributed by atoms with Gasteiger partial charge in [-0.15, -0.1) is 11.8 Å². The highest BCUT2D eigenvalue weighted by molar-refractivity contribution is 7.99. The molecule has 19 heavy (non-hydrogen) atoms. The minimum atomic E-state index is -0.655. The van der Waals surface area contributed by atoms with Crippen LogP contribution in [0.15, 0.2) is 12.3 Å². The van der Waals surface area contributed by atoms with Gasteiger partial charge in [-0.2, -0.15) is 0 Å². The monoisotopic (exact) mass is 286 g/mol. The molecule has 1 fully saturated rings. The number of hydrogen-bond acceptors (Lipinski definition) is 5. The fraction of sp³-hybridized carbons (Fsp3) is 0.786. The van der Waals surface area contributed by atoms with Crippen LogP contribution in [0, 0.1) is 5.92 Å². The largest absolute Gasteiger partial charge is 0.487 e. The summed E-state index contributed by atoms with van der Waals surface area (Å²) in [6.07, 6.45) is 5.15. The summed E-state index contributed by atoms with van der Waals surface area (Å²) in [7, 11) is 0. The van der Waals surface area contributed by atoms with Crippen molar-refractivity contribution in [3.63, 3.8) is 0 Å². The third kappa shape index (κ3) is 3.97. The Morgan fingerprint density at radius 1 is 1.42 bits per heavy atom. The van der Waals surface area contributed by atoms with Gasteiger partial charge in [-0.3, -0.25) is 4.79 Å². The molecule has 5 heteroatoms. The summed E-state index contributed by atoms with van der Waals surface area (Å²) in [5, 5.41) is 0. The first-order valence-electron chi connectivity index (χ1n) is 6.80. The molecule has 1 unspecified atom stereocenters. The molecular weight excluding hydrogens is 264 g/mol. The van der Waals surface area contributed by atoms with E-state index < -0.39 is 5.79 Å². The summed E-state index contributed by atoms with van der Waals surface area (Å²) in [5.41, 5.74) is 0.188. The molecule has 2 rings (SSSR count). The van der Waals surface area contributed by atoms with E-state index in [1.807, 2.05) is 13.8 Å². The van der Waals surface area contributed by atoms with Crippen LogP contribution in [0.4, 0.5) is 0 Å². The van der Waals surface area contributed by atoms with Crippen LogP contribution in [0.3, 0.4) is 0 Å². The van der Waals surface area contributed by atoms with Gasteiger partial charge >= 0.3 is 0 Å². The lowest BCUT2D eigenvalue weighted by Gasteiger charge is -2.35. The fourth-order valence-electron chi connectivity index (χ4n) is 2.32. The first-order chi connectivity index (χ1) is 9.02. The van der Waals surface area contributed by atoms with Gasteiger partial charge in [0.05, 0.1) is 6.26 Å². The highest BCUT2D eigenvalue weighted by atomic mass is 32.2. The van der Waals surface area contributed by atoms with Crippen LogP contribution in [0.25, 0.3) is 0 Å². The molecule has 0 bridgehead atoms. The lowest BCUT2D eigenvalue weighted by Crippen LogP contribution is -2.46. The number of carbonyl (C=O) groups excluding carboxylic acids is 1. The molecule has 0 aromatic carbocycles. The molecule has 4 nitrogen and oxygen atoms in total. The van der Waals surface area contributed by atoms with Crippen LogP contribution in [-0.2, 0) is 19.0 Å². The second kappa shape index (κ2) is 6.29. The quantitative estimate of drug-likeness (QED) is 0.777. The van der Waals surface area contributed by atoms with Gasteiger partial charge in [-0.25, -0.2) is 0 Å². The summed E-state index contributed by atoms with van der Waals surface area (Å²) < 4.78 is 16.6. The van der Waals surface area contributed by atoms with Gasteiger partial charge in [0.25, 0.3) is 0 Å². The van der Waals surface area contributed by atoms with Crippen molar-refractivity contribution in [2.75, 3.05) is 12.4 Å². The standard InChI is InChI=1S/C14H22O4S/c1-4-19-13-10(7-8-16-13)5-6-12-11(15)9-17-14(2,3)18-12/h7-8,10,12-13H,4-6,9H2,1-3H3/t10-,12?,13+/m1/s1. The Morgan fingerprint density at radius 3 is 2.95 bits per heavy atom. The minimum absolute atomic E-state index is 0.0434. The zero-order chi connectivity index (χ0) is 13.9. The molecule has 0 aromatic rings. The second-order valence-corrected chi connectivity index (χ2v) is 6.67. The predicted octanol–water partition coefficient (Wildman–Crippen LogP) is 2.73. The van der Waals surface area contributed by atoms with E-state index in [2.05, 4.69) is 13.0 Å². The van der Waals surface area contributed by atoms with Crippen molar-refractivity contribution in [2.45, 2.75) is 50.9 Å². The van der Waals surface area contributed by atoms with E-state index in [0.29, 0.717) is 5.92 Å². The van der Waals surface area contributed by atoms with Gasteiger partial charge in [-0.05, 0) is 38.5 Å². The molecule has 3 atom stereocenters. The Balaban J connectivity index is 1.84. The summed E-state index contributed by atoms with van der Waals surface area (Å²) in [6, 6.07) is 0. The molecule has 0 N–H and O–H groups in total. The molecular formula is C14H22O4S. The van der Waals surface area contributed by atoms with Crippen molar-refractivity contribution < 1.29 is 19.0 Å². The van der Waals surface area contributed by atoms with Gasteiger partial charge in [-0.1, -0.05) is 6.92 Å². The minimum Gasteiger partial charge on any atom is -0.487 e. The fourth-order valence-corrected chi connectivity index (χ4v) is 3.26. The molecule has 2 heterocycles. The van der Waals surface area contributed by atoms with Crippen LogP contribution in [0.5, 0.6) is 0 Å². The highest BCUT2D eigenvalue weighted by Crippen LogP contribution is 2.32.